The number of benzene rings is 4. The third-order valence-corrected chi connectivity index (χ3v) is 10.8. The maximum absolute atomic E-state index is 15.0. The lowest BCUT2D eigenvalue weighted by Gasteiger charge is -2.38. The summed E-state index contributed by atoms with van der Waals surface area (Å²) >= 11 is 0. The number of halogens is 3. The summed E-state index contributed by atoms with van der Waals surface area (Å²) in [6.45, 7) is 1.02. The van der Waals surface area contributed by atoms with Crippen LogP contribution in [0.25, 0.3) is 11.1 Å². The van der Waals surface area contributed by atoms with E-state index in [0.29, 0.717) is 65.1 Å². The largest absolute Gasteiger partial charge is 0.456 e. The fraction of sp³-hybridized carbons (Fsp3) is 0.324. The Hall–Kier alpha value is -4.35. The lowest BCUT2D eigenvalue weighted by molar-refractivity contribution is -0.138. The minimum Gasteiger partial charge on any atom is -0.456 e. The summed E-state index contributed by atoms with van der Waals surface area (Å²) in [6.07, 6.45) is -0.982. The number of para-hydroxylation sites is 2. The van der Waals surface area contributed by atoms with Crippen LogP contribution in [0.15, 0.2) is 94.7 Å². The Balaban J connectivity index is 1.62. The number of anilines is 1. The van der Waals surface area contributed by atoms with Crippen molar-refractivity contribution in [3.8, 4) is 22.6 Å². The van der Waals surface area contributed by atoms with Crippen molar-refractivity contribution in [3.63, 3.8) is 0 Å². The summed E-state index contributed by atoms with van der Waals surface area (Å²) in [6, 6.07) is 23.9. The van der Waals surface area contributed by atoms with Crippen LogP contribution in [0.2, 0.25) is 0 Å². The number of ether oxygens (including phenoxy) is 1. The second-order valence-corrected chi connectivity index (χ2v) is 14.1. The molecule has 4 aromatic rings. The van der Waals surface area contributed by atoms with Gasteiger partial charge in [0.15, 0.2) is 0 Å². The van der Waals surface area contributed by atoms with Crippen molar-refractivity contribution in [3.05, 3.63) is 102 Å². The Morgan fingerprint density at radius 3 is 2.40 bits per heavy atom. The molecule has 0 radical (unpaired) electrons. The summed E-state index contributed by atoms with van der Waals surface area (Å²) in [5.74, 6) is -1.23. The van der Waals surface area contributed by atoms with Crippen LogP contribution in [0.4, 0.5) is 18.9 Å². The summed E-state index contributed by atoms with van der Waals surface area (Å²) < 4.78 is 76.0. The maximum Gasteiger partial charge on any atom is 0.405 e. The molecular weight excluding hydrogens is 639 g/mol. The molecular formula is C37H38F3N3O4S. The smallest absolute Gasteiger partial charge is 0.405 e. The lowest BCUT2D eigenvalue weighted by atomic mass is 9.88. The van der Waals surface area contributed by atoms with Gasteiger partial charge in [-0.25, -0.2) is 8.42 Å². The third kappa shape index (κ3) is 6.53. The van der Waals surface area contributed by atoms with Gasteiger partial charge in [0.25, 0.3) is 0 Å². The van der Waals surface area contributed by atoms with E-state index in [1.165, 1.54) is 6.07 Å². The van der Waals surface area contributed by atoms with Gasteiger partial charge < -0.3 is 20.7 Å². The SMILES string of the molecule is CCCCc1c2c(cc(S(=O)(=O)c3ccccc3Oc3ccccc3)c1N1CCCCC1N)-c1ccccc1C2C(=O)NCC(F)(F)F. The number of rotatable bonds is 10. The van der Waals surface area contributed by atoms with Gasteiger partial charge in [0.05, 0.1) is 22.7 Å². The van der Waals surface area contributed by atoms with E-state index in [4.69, 9.17) is 10.5 Å². The molecule has 0 saturated carbocycles. The van der Waals surface area contributed by atoms with Crippen LogP contribution in [0.3, 0.4) is 0 Å². The number of nitrogens with one attached hydrogen (secondary N) is 1. The van der Waals surface area contributed by atoms with Gasteiger partial charge >= 0.3 is 6.18 Å². The highest BCUT2D eigenvalue weighted by molar-refractivity contribution is 7.91. The molecule has 252 valence electrons. The lowest BCUT2D eigenvalue weighted by Crippen LogP contribution is -2.46. The van der Waals surface area contributed by atoms with E-state index in [0.717, 1.165) is 19.3 Å². The van der Waals surface area contributed by atoms with Crippen molar-refractivity contribution < 1.29 is 31.1 Å². The van der Waals surface area contributed by atoms with Crippen LogP contribution in [0, 0.1) is 0 Å². The number of carbonyl (C=O) groups is 1. The molecule has 48 heavy (non-hydrogen) atoms. The molecule has 3 N–H and O–H groups in total. The number of alkyl halides is 3. The number of amides is 1. The Kier molecular flexibility index (Phi) is 9.53. The Morgan fingerprint density at radius 2 is 1.67 bits per heavy atom. The number of sulfone groups is 1. The van der Waals surface area contributed by atoms with E-state index in [9.17, 15) is 18.0 Å². The highest BCUT2D eigenvalue weighted by Gasteiger charge is 2.42. The zero-order valence-corrected chi connectivity index (χ0v) is 27.4. The quantitative estimate of drug-likeness (QED) is 0.178. The van der Waals surface area contributed by atoms with Crippen molar-refractivity contribution in [2.75, 3.05) is 18.0 Å². The van der Waals surface area contributed by atoms with E-state index >= 15 is 8.42 Å². The van der Waals surface area contributed by atoms with Gasteiger partial charge in [-0.2, -0.15) is 13.2 Å². The fourth-order valence-corrected chi connectivity index (χ4v) is 8.47. The first-order chi connectivity index (χ1) is 23.0. The van der Waals surface area contributed by atoms with Crippen LogP contribution in [-0.4, -0.2) is 39.8 Å². The van der Waals surface area contributed by atoms with Gasteiger partial charge in [-0.1, -0.05) is 67.9 Å². The first-order valence-corrected chi connectivity index (χ1v) is 17.7. The standard InChI is InChI=1S/C37H38F3N3O4S/c1-2-3-15-27-33-28(25-16-7-8-17-26(25)34(33)36(44)42-23-37(38,39)40)22-31(35(27)43-21-12-11-20-32(43)41)48(45,46)30-19-10-9-18-29(30)47-24-13-5-4-6-14-24/h4-10,13-14,16-19,22,32,34H,2-3,11-12,15,20-21,23,41H2,1H3,(H,42,44). The van der Waals surface area contributed by atoms with E-state index in [-0.39, 0.29) is 15.5 Å². The molecule has 1 saturated heterocycles. The molecule has 0 aromatic heterocycles. The Labute approximate surface area is 278 Å². The van der Waals surface area contributed by atoms with Gasteiger partial charge in [-0.3, -0.25) is 4.79 Å². The number of nitrogens with zero attached hydrogens (tertiary/aromatic N) is 1. The zero-order chi connectivity index (χ0) is 34.1. The second kappa shape index (κ2) is 13.6. The van der Waals surface area contributed by atoms with Crippen LogP contribution >= 0.6 is 0 Å². The van der Waals surface area contributed by atoms with Gasteiger partial charge in [0.2, 0.25) is 15.7 Å². The van der Waals surface area contributed by atoms with E-state index in [2.05, 4.69) is 5.32 Å². The first-order valence-electron chi connectivity index (χ1n) is 16.2. The molecule has 1 aliphatic carbocycles. The van der Waals surface area contributed by atoms with Crippen molar-refractivity contribution in [2.24, 2.45) is 5.73 Å². The summed E-state index contributed by atoms with van der Waals surface area (Å²) in [4.78, 5) is 15.6. The molecule has 4 aromatic carbocycles. The van der Waals surface area contributed by atoms with E-state index in [1.807, 2.05) is 17.9 Å². The number of hydrogen-bond donors (Lipinski definition) is 2. The fourth-order valence-electron chi connectivity index (χ4n) is 6.83. The minimum atomic E-state index is -4.60. The average Bonchev–Trinajstić information content (AvgIpc) is 3.41. The molecule has 0 spiro atoms. The highest BCUT2D eigenvalue weighted by Crippen LogP contribution is 2.52. The molecule has 2 atom stereocenters. The van der Waals surface area contributed by atoms with E-state index < -0.39 is 40.5 Å². The number of hydrogen-bond acceptors (Lipinski definition) is 6. The van der Waals surface area contributed by atoms with Gasteiger partial charge in [-0.05, 0) is 90.3 Å². The number of fused-ring (bicyclic) bond motifs is 3. The van der Waals surface area contributed by atoms with Crippen LogP contribution < -0.4 is 20.7 Å². The van der Waals surface area contributed by atoms with Crippen LogP contribution in [-0.2, 0) is 21.1 Å². The third-order valence-electron chi connectivity index (χ3n) is 9.00. The van der Waals surface area contributed by atoms with Gasteiger partial charge in [0.1, 0.15) is 22.9 Å². The highest BCUT2D eigenvalue weighted by atomic mass is 32.2. The molecule has 1 heterocycles. The number of carbonyl (C=O) groups excluding carboxylic acids is 1. The second-order valence-electron chi connectivity index (χ2n) is 12.2. The summed E-state index contributed by atoms with van der Waals surface area (Å²) in [7, 11) is -4.30. The molecule has 6 rings (SSSR count). The number of nitrogens with two attached hydrogens (primary N) is 1. The molecule has 7 nitrogen and oxygen atoms in total. The molecule has 1 amide bonds. The Bertz CT molecular complexity index is 1920. The molecule has 1 fully saturated rings. The monoisotopic (exact) mass is 677 g/mol. The first kappa shape index (κ1) is 33.5. The Morgan fingerprint density at radius 1 is 0.958 bits per heavy atom. The molecule has 1 aliphatic heterocycles. The van der Waals surface area contributed by atoms with Crippen LogP contribution in [0.1, 0.15) is 61.6 Å². The summed E-state index contributed by atoms with van der Waals surface area (Å²) in [5, 5.41) is 2.10. The van der Waals surface area contributed by atoms with E-state index in [1.54, 1.807) is 72.8 Å². The van der Waals surface area contributed by atoms with Crippen molar-refractivity contribution in [1.29, 1.82) is 0 Å². The normalized spacial score (nSPS) is 17.5. The van der Waals surface area contributed by atoms with Gasteiger partial charge in [-0.15, -0.1) is 0 Å². The number of piperidine rings is 1. The summed E-state index contributed by atoms with van der Waals surface area (Å²) in [5.41, 5.74) is 9.92. The van der Waals surface area contributed by atoms with Crippen molar-refractivity contribution >= 4 is 21.4 Å². The number of unbranched alkanes of at least 4 members (excludes halogenated alkanes) is 1. The van der Waals surface area contributed by atoms with Crippen LogP contribution in [0.5, 0.6) is 11.5 Å². The predicted molar refractivity (Wildman–Crippen MR) is 179 cm³/mol. The minimum absolute atomic E-state index is 0.0277. The van der Waals surface area contributed by atoms with Crippen molar-refractivity contribution in [1.82, 2.24) is 5.32 Å². The van der Waals surface area contributed by atoms with Gasteiger partial charge in [0, 0.05) is 6.54 Å². The molecule has 0 bridgehead atoms. The topological polar surface area (TPSA) is 102 Å². The molecule has 11 heteroatoms. The molecule has 2 unspecified atom stereocenters. The maximum atomic E-state index is 15.0. The average molecular weight is 678 g/mol. The zero-order valence-electron chi connectivity index (χ0n) is 26.6. The van der Waals surface area contributed by atoms with Crippen molar-refractivity contribution in [2.45, 2.75) is 73.5 Å². The molecule has 2 aliphatic rings. The predicted octanol–water partition coefficient (Wildman–Crippen LogP) is 7.72.